The van der Waals surface area contributed by atoms with Crippen LogP contribution >= 0.6 is 0 Å². The van der Waals surface area contributed by atoms with Crippen molar-refractivity contribution in [3.8, 4) is 0 Å². The predicted molar refractivity (Wildman–Crippen MR) is 82.0 cm³/mol. The molecule has 7 nitrogen and oxygen atoms in total. The number of likely N-dealkylation sites (tertiary alicyclic amines) is 1. The van der Waals surface area contributed by atoms with Crippen molar-refractivity contribution in [1.82, 2.24) is 20.2 Å². The SMILES string of the molecule is O=C(N[C@H]1CN([C@@H]2CCOC2)[C@@H]2CCCO[C@H]12)c1cnccn1. The highest BCUT2D eigenvalue weighted by molar-refractivity contribution is 5.92. The molecule has 0 radical (unpaired) electrons. The van der Waals surface area contributed by atoms with Crippen LogP contribution in [-0.4, -0.2) is 71.4 Å². The van der Waals surface area contributed by atoms with E-state index in [1.807, 2.05) is 0 Å². The van der Waals surface area contributed by atoms with Crippen LogP contribution in [0.3, 0.4) is 0 Å². The maximum absolute atomic E-state index is 12.4. The van der Waals surface area contributed by atoms with Crippen LogP contribution in [0, 0.1) is 0 Å². The van der Waals surface area contributed by atoms with E-state index in [4.69, 9.17) is 9.47 Å². The molecule has 0 spiro atoms. The van der Waals surface area contributed by atoms with Gasteiger partial charge in [-0.3, -0.25) is 14.7 Å². The average Bonchev–Trinajstić information content (AvgIpc) is 3.24. The Labute approximate surface area is 135 Å². The molecule has 0 unspecified atom stereocenters. The van der Waals surface area contributed by atoms with Crippen LogP contribution in [0.2, 0.25) is 0 Å². The van der Waals surface area contributed by atoms with E-state index < -0.39 is 0 Å². The normalized spacial score (nSPS) is 34.3. The first kappa shape index (κ1) is 15.0. The zero-order valence-corrected chi connectivity index (χ0v) is 13.1. The molecule has 0 saturated carbocycles. The summed E-state index contributed by atoms with van der Waals surface area (Å²) in [5.74, 6) is -0.180. The fraction of sp³-hybridized carbons (Fsp3) is 0.688. The van der Waals surface area contributed by atoms with Crippen LogP contribution in [0.4, 0.5) is 0 Å². The molecule has 3 saturated heterocycles. The zero-order chi connectivity index (χ0) is 15.6. The zero-order valence-electron chi connectivity index (χ0n) is 13.1. The Kier molecular flexibility index (Phi) is 4.24. The van der Waals surface area contributed by atoms with E-state index in [2.05, 4.69) is 20.2 Å². The first-order chi connectivity index (χ1) is 11.3. The maximum atomic E-state index is 12.4. The summed E-state index contributed by atoms with van der Waals surface area (Å²) in [6, 6.07) is 0.820. The molecule has 124 valence electrons. The summed E-state index contributed by atoms with van der Waals surface area (Å²) in [7, 11) is 0. The van der Waals surface area contributed by atoms with Crippen molar-refractivity contribution in [3.05, 3.63) is 24.3 Å². The summed E-state index contributed by atoms with van der Waals surface area (Å²) in [6.45, 7) is 3.20. The average molecular weight is 318 g/mol. The molecular weight excluding hydrogens is 296 g/mol. The first-order valence-electron chi connectivity index (χ1n) is 8.35. The van der Waals surface area contributed by atoms with E-state index in [1.165, 1.54) is 12.4 Å². The Hall–Kier alpha value is -1.57. The van der Waals surface area contributed by atoms with Crippen LogP contribution in [0.1, 0.15) is 29.8 Å². The number of hydrogen-bond donors (Lipinski definition) is 1. The molecule has 3 aliphatic heterocycles. The molecule has 1 amide bonds. The molecular formula is C16H22N4O3. The van der Waals surface area contributed by atoms with E-state index >= 15 is 0 Å². The molecule has 7 heteroatoms. The van der Waals surface area contributed by atoms with Crippen molar-refractivity contribution in [2.24, 2.45) is 0 Å². The predicted octanol–water partition coefficient (Wildman–Crippen LogP) is 0.227. The minimum absolute atomic E-state index is 0.00425. The number of nitrogens with one attached hydrogen (secondary N) is 1. The number of fused-ring (bicyclic) bond motifs is 1. The van der Waals surface area contributed by atoms with Gasteiger partial charge in [-0.05, 0) is 19.3 Å². The van der Waals surface area contributed by atoms with E-state index in [0.29, 0.717) is 17.8 Å². The Morgan fingerprint density at radius 3 is 3.04 bits per heavy atom. The topological polar surface area (TPSA) is 76.6 Å². The van der Waals surface area contributed by atoms with Gasteiger partial charge in [-0.15, -0.1) is 0 Å². The lowest BCUT2D eigenvalue weighted by atomic mass is 10.00. The van der Waals surface area contributed by atoms with Gasteiger partial charge in [-0.2, -0.15) is 0 Å². The highest BCUT2D eigenvalue weighted by Gasteiger charge is 2.47. The quantitative estimate of drug-likeness (QED) is 0.859. The van der Waals surface area contributed by atoms with Gasteiger partial charge in [0.05, 0.1) is 24.9 Å². The Morgan fingerprint density at radius 2 is 2.26 bits per heavy atom. The van der Waals surface area contributed by atoms with Crippen molar-refractivity contribution in [2.75, 3.05) is 26.4 Å². The second kappa shape index (κ2) is 6.51. The summed E-state index contributed by atoms with van der Waals surface area (Å²) in [6.07, 6.45) is 7.92. The van der Waals surface area contributed by atoms with Crippen LogP contribution in [0.25, 0.3) is 0 Å². The van der Waals surface area contributed by atoms with Crippen molar-refractivity contribution >= 4 is 5.91 Å². The first-order valence-corrected chi connectivity index (χ1v) is 8.35. The smallest absolute Gasteiger partial charge is 0.271 e. The Morgan fingerprint density at radius 1 is 1.30 bits per heavy atom. The highest BCUT2D eigenvalue weighted by Crippen LogP contribution is 2.32. The number of amides is 1. The minimum Gasteiger partial charge on any atom is -0.380 e. The number of aromatic nitrogens is 2. The number of carbonyl (C=O) groups is 1. The summed E-state index contributed by atoms with van der Waals surface area (Å²) in [5, 5.41) is 3.10. The number of hydrogen-bond acceptors (Lipinski definition) is 6. The van der Waals surface area contributed by atoms with Crippen molar-refractivity contribution in [3.63, 3.8) is 0 Å². The minimum atomic E-state index is -0.180. The molecule has 0 aromatic carbocycles. The lowest BCUT2D eigenvalue weighted by Crippen LogP contribution is -2.48. The van der Waals surface area contributed by atoms with E-state index in [1.54, 1.807) is 6.20 Å². The highest BCUT2D eigenvalue weighted by atomic mass is 16.5. The van der Waals surface area contributed by atoms with Gasteiger partial charge >= 0.3 is 0 Å². The second-order valence-electron chi connectivity index (χ2n) is 6.43. The molecule has 0 bridgehead atoms. The number of ether oxygens (including phenoxy) is 2. The Balaban J connectivity index is 1.48. The van der Waals surface area contributed by atoms with E-state index in [-0.39, 0.29) is 18.1 Å². The third-order valence-electron chi connectivity index (χ3n) is 5.05. The fourth-order valence-corrected chi connectivity index (χ4v) is 3.98. The molecule has 0 aliphatic carbocycles. The molecule has 3 fully saturated rings. The number of nitrogens with zero attached hydrogens (tertiary/aromatic N) is 3. The molecule has 4 atom stereocenters. The lowest BCUT2D eigenvalue weighted by molar-refractivity contribution is -0.0270. The number of rotatable bonds is 3. The van der Waals surface area contributed by atoms with E-state index in [0.717, 1.165) is 45.6 Å². The van der Waals surface area contributed by atoms with Gasteiger partial charge in [0.25, 0.3) is 5.91 Å². The summed E-state index contributed by atoms with van der Waals surface area (Å²) < 4.78 is 11.6. The summed E-state index contributed by atoms with van der Waals surface area (Å²) in [4.78, 5) is 22.9. The van der Waals surface area contributed by atoms with Crippen LogP contribution < -0.4 is 5.32 Å². The van der Waals surface area contributed by atoms with E-state index in [9.17, 15) is 4.79 Å². The monoisotopic (exact) mass is 318 g/mol. The van der Waals surface area contributed by atoms with Gasteiger partial charge < -0.3 is 14.8 Å². The molecule has 4 heterocycles. The molecule has 1 aromatic heterocycles. The van der Waals surface area contributed by atoms with Gasteiger partial charge in [0.2, 0.25) is 0 Å². The standard InChI is InChI=1S/C16H22N4O3/c21-16(12-8-17-4-5-18-12)19-13-9-20(11-3-7-22-10-11)14-2-1-6-23-15(13)14/h4-5,8,11,13-15H,1-3,6-7,9-10H2,(H,19,21)/t11-,13+,14-,15-/m1/s1. The van der Waals surface area contributed by atoms with Crippen LogP contribution in [0.15, 0.2) is 18.6 Å². The largest absolute Gasteiger partial charge is 0.380 e. The molecule has 3 aliphatic rings. The van der Waals surface area contributed by atoms with Crippen molar-refractivity contribution in [2.45, 2.75) is 43.5 Å². The Bertz CT molecular complexity index is 550. The summed E-state index contributed by atoms with van der Waals surface area (Å²) in [5.41, 5.74) is 0.350. The molecule has 1 N–H and O–H groups in total. The van der Waals surface area contributed by atoms with Crippen LogP contribution in [-0.2, 0) is 9.47 Å². The molecule has 4 rings (SSSR count). The molecule has 23 heavy (non-hydrogen) atoms. The third kappa shape index (κ3) is 2.96. The lowest BCUT2D eigenvalue weighted by Gasteiger charge is -2.34. The fourth-order valence-electron chi connectivity index (χ4n) is 3.98. The van der Waals surface area contributed by atoms with Crippen molar-refractivity contribution in [1.29, 1.82) is 0 Å². The third-order valence-corrected chi connectivity index (χ3v) is 5.05. The number of carbonyl (C=O) groups excluding carboxylic acids is 1. The van der Waals surface area contributed by atoms with Gasteiger partial charge in [-0.1, -0.05) is 0 Å². The van der Waals surface area contributed by atoms with Gasteiger partial charge in [0, 0.05) is 44.2 Å². The van der Waals surface area contributed by atoms with Crippen molar-refractivity contribution < 1.29 is 14.3 Å². The van der Waals surface area contributed by atoms with Gasteiger partial charge in [0.1, 0.15) is 5.69 Å². The second-order valence-corrected chi connectivity index (χ2v) is 6.43. The van der Waals surface area contributed by atoms with Crippen LogP contribution in [0.5, 0.6) is 0 Å². The summed E-state index contributed by atoms with van der Waals surface area (Å²) >= 11 is 0. The van der Waals surface area contributed by atoms with Gasteiger partial charge in [0.15, 0.2) is 0 Å². The molecule has 1 aromatic rings. The maximum Gasteiger partial charge on any atom is 0.271 e. The van der Waals surface area contributed by atoms with Gasteiger partial charge in [-0.25, -0.2) is 4.98 Å².